The van der Waals surface area contributed by atoms with Gasteiger partial charge in [-0.05, 0) is 6.42 Å². The van der Waals surface area contributed by atoms with Crippen LogP contribution in [-0.2, 0) is 6.54 Å². The SMILES string of the molecule is CCCn1ncc2c(=O)[nH]c(N)nc21. The summed E-state index contributed by atoms with van der Waals surface area (Å²) in [6.07, 6.45) is 2.45. The molecule has 2 aromatic heterocycles. The fourth-order valence-corrected chi connectivity index (χ4v) is 1.36. The molecule has 2 rings (SSSR count). The van der Waals surface area contributed by atoms with Gasteiger partial charge in [-0.3, -0.25) is 9.78 Å². The maximum absolute atomic E-state index is 11.4. The van der Waals surface area contributed by atoms with E-state index in [-0.39, 0.29) is 11.5 Å². The molecule has 0 aliphatic carbocycles. The number of aryl methyl sites for hydroxylation is 1. The van der Waals surface area contributed by atoms with Gasteiger partial charge >= 0.3 is 0 Å². The highest BCUT2D eigenvalue weighted by Gasteiger charge is 2.07. The number of nitrogens with two attached hydrogens (primary N) is 1. The molecule has 0 unspecified atom stereocenters. The van der Waals surface area contributed by atoms with E-state index in [1.165, 1.54) is 6.20 Å². The molecule has 2 aromatic rings. The Balaban J connectivity index is 2.72. The number of H-pyrrole nitrogens is 1. The number of nitrogens with zero attached hydrogens (tertiary/aromatic N) is 3. The summed E-state index contributed by atoms with van der Waals surface area (Å²) in [7, 11) is 0. The van der Waals surface area contributed by atoms with Gasteiger partial charge in [0.25, 0.3) is 5.56 Å². The Kier molecular flexibility index (Phi) is 1.95. The lowest BCUT2D eigenvalue weighted by molar-refractivity contribution is 0.617. The Bertz CT molecular complexity index is 512. The summed E-state index contributed by atoms with van der Waals surface area (Å²) < 4.78 is 1.68. The normalized spacial score (nSPS) is 10.9. The van der Waals surface area contributed by atoms with Crippen molar-refractivity contribution in [1.82, 2.24) is 19.7 Å². The van der Waals surface area contributed by atoms with Gasteiger partial charge in [-0.25, -0.2) is 4.68 Å². The topological polar surface area (TPSA) is 89.6 Å². The highest BCUT2D eigenvalue weighted by Crippen LogP contribution is 2.06. The van der Waals surface area contributed by atoms with Gasteiger partial charge in [0.2, 0.25) is 5.95 Å². The summed E-state index contributed by atoms with van der Waals surface area (Å²) in [4.78, 5) is 17.9. The maximum Gasteiger partial charge on any atom is 0.263 e. The Hall–Kier alpha value is -1.85. The summed E-state index contributed by atoms with van der Waals surface area (Å²) in [6.45, 7) is 2.77. The smallest absolute Gasteiger partial charge is 0.263 e. The van der Waals surface area contributed by atoms with E-state index in [0.717, 1.165) is 13.0 Å². The van der Waals surface area contributed by atoms with Crippen molar-refractivity contribution in [2.45, 2.75) is 19.9 Å². The maximum atomic E-state index is 11.4. The Morgan fingerprint density at radius 3 is 3.14 bits per heavy atom. The van der Waals surface area contributed by atoms with Gasteiger partial charge in [-0.1, -0.05) is 6.92 Å². The lowest BCUT2D eigenvalue weighted by Gasteiger charge is -1.99. The van der Waals surface area contributed by atoms with Gasteiger partial charge < -0.3 is 5.73 Å². The lowest BCUT2D eigenvalue weighted by atomic mass is 10.4. The lowest BCUT2D eigenvalue weighted by Crippen LogP contribution is -2.11. The van der Waals surface area contributed by atoms with E-state index < -0.39 is 0 Å². The molecule has 0 radical (unpaired) electrons. The van der Waals surface area contributed by atoms with E-state index in [4.69, 9.17) is 5.73 Å². The third kappa shape index (κ3) is 1.24. The molecule has 0 fully saturated rings. The fraction of sp³-hybridized carbons (Fsp3) is 0.375. The van der Waals surface area contributed by atoms with Crippen LogP contribution in [0, 0.1) is 0 Å². The first-order chi connectivity index (χ1) is 6.72. The van der Waals surface area contributed by atoms with Crippen molar-refractivity contribution >= 4 is 17.0 Å². The largest absolute Gasteiger partial charge is 0.369 e. The zero-order chi connectivity index (χ0) is 10.1. The molecule has 6 nitrogen and oxygen atoms in total. The van der Waals surface area contributed by atoms with Crippen LogP contribution >= 0.6 is 0 Å². The van der Waals surface area contributed by atoms with Crippen LogP contribution in [0.4, 0.5) is 5.95 Å². The minimum Gasteiger partial charge on any atom is -0.369 e. The molecule has 0 saturated heterocycles. The van der Waals surface area contributed by atoms with E-state index >= 15 is 0 Å². The van der Waals surface area contributed by atoms with Crippen molar-refractivity contribution in [3.8, 4) is 0 Å². The van der Waals surface area contributed by atoms with E-state index in [9.17, 15) is 4.79 Å². The zero-order valence-electron chi connectivity index (χ0n) is 7.82. The van der Waals surface area contributed by atoms with Crippen molar-refractivity contribution in [1.29, 1.82) is 0 Å². The highest BCUT2D eigenvalue weighted by molar-refractivity contribution is 5.74. The van der Waals surface area contributed by atoms with Crippen LogP contribution in [0.5, 0.6) is 0 Å². The summed E-state index contributed by atoms with van der Waals surface area (Å²) in [6, 6.07) is 0. The highest BCUT2D eigenvalue weighted by atomic mass is 16.1. The van der Waals surface area contributed by atoms with Crippen molar-refractivity contribution in [3.05, 3.63) is 16.6 Å². The van der Waals surface area contributed by atoms with Gasteiger partial charge in [0.05, 0.1) is 6.20 Å². The van der Waals surface area contributed by atoms with Crippen molar-refractivity contribution < 1.29 is 0 Å². The standard InChI is InChI=1S/C8H11N5O/c1-2-3-13-6-5(4-10-13)7(14)12-8(9)11-6/h4H,2-3H2,1H3,(H3,9,11,12,14). The molecular formula is C8H11N5O. The van der Waals surface area contributed by atoms with Crippen LogP contribution in [0.1, 0.15) is 13.3 Å². The number of nitrogen functional groups attached to an aromatic ring is 1. The molecule has 0 amide bonds. The van der Waals surface area contributed by atoms with E-state index in [2.05, 4.69) is 15.1 Å². The number of anilines is 1. The molecule has 0 aliphatic heterocycles. The Morgan fingerprint density at radius 1 is 1.64 bits per heavy atom. The fourth-order valence-electron chi connectivity index (χ4n) is 1.36. The second kappa shape index (κ2) is 3.13. The molecule has 0 spiro atoms. The third-order valence-electron chi connectivity index (χ3n) is 1.96. The number of aromatic nitrogens is 4. The van der Waals surface area contributed by atoms with Gasteiger partial charge in [0, 0.05) is 6.54 Å². The average Bonchev–Trinajstić information content (AvgIpc) is 2.49. The zero-order valence-corrected chi connectivity index (χ0v) is 7.82. The van der Waals surface area contributed by atoms with Crippen molar-refractivity contribution in [2.24, 2.45) is 0 Å². The number of hydrogen-bond acceptors (Lipinski definition) is 4. The molecule has 6 heteroatoms. The molecule has 3 N–H and O–H groups in total. The van der Waals surface area contributed by atoms with Gasteiger partial charge in [0.15, 0.2) is 5.65 Å². The third-order valence-corrected chi connectivity index (χ3v) is 1.96. The van der Waals surface area contributed by atoms with Crippen molar-refractivity contribution in [3.63, 3.8) is 0 Å². The van der Waals surface area contributed by atoms with Crippen LogP contribution in [-0.4, -0.2) is 19.7 Å². The van der Waals surface area contributed by atoms with Crippen LogP contribution in [0.25, 0.3) is 11.0 Å². The van der Waals surface area contributed by atoms with Gasteiger partial charge in [-0.15, -0.1) is 0 Å². The summed E-state index contributed by atoms with van der Waals surface area (Å²) in [5.41, 5.74) is 5.75. The second-order valence-electron chi connectivity index (χ2n) is 3.06. The quantitative estimate of drug-likeness (QED) is 0.708. The first-order valence-corrected chi connectivity index (χ1v) is 4.43. The van der Waals surface area contributed by atoms with E-state index in [1.807, 2.05) is 6.92 Å². The molecule has 14 heavy (non-hydrogen) atoms. The predicted octanol–water partition coefficient (Wildman–Crippen LogP) is 0.112. The predicted molar refractivity (Wildman–Crippen MR) is 52.9 cm³/mol. The number of hydrogen-bond donors (Lipinski definition) is 2. The summed E-state index contributed by atoms with van der Waals surface area (Å²) >= 11 is 0. The van der Waals surface area contributed by atoms with E-state index in [0.29, 0.717) is 11.0 Å². The molecule has 2 heterocycles. The Morgan fingerprint density at radius 2 is 2.43 bits per heavy atom. The van der Waals surface area contributed by atoms with Crippen LogP contribution in [0.15, 0.2) is 11.0 Å². The average molecular weight is 193 g/mol. The molecule has 74 valence electrons. The first-order valence-electron chi connectivity index (χ1n) is 4.43. The Labute approximate surface area is 79.8 Å². The summed E-state index contributed by atoms with van der Waals surface area (Å²) in [5, 5.41) is 4.54. The number of aromatic amines is 1. The van der Waals surface area contributed by atoms with Crippen LogP contribution in [0.2, 0.25) is 0 Å². The minimum atomic E-state index is -0.241. The molecule has 0 atom stereocenters. The number of rotatable bonds is 2. The summed E-state index contributed by atoms with van der Waals surface area (Å²) in [5.74, 6) is 0.125. The van der Waals surface area contributed by atoms with Gasteiger partial charge in [-0.2, -0.15) is 10.1 Å². The second-order valence-corrected chi connectivity index (χ2v) is 3.06. The number of nitrogens with one attached hydrogen (secondary N) is 1. The molecule has 0 aliphatic rings. The molecule has 0 aromatic carbocycles. The van der Waals surface area contributed by atoms with Crippen molar-refractivity contribution in [2.75, 3.05) is 5.73 Å². The molecule has 0 saturated carbocycles. The molecular weight excluding hydrogens is 182 g/mol. The minimum absolute atomic E-state index is 0.125. The first kappa shape index (κ1) is 8.74. The monoisotopic (exact) mass is 193 g/mol. The number of fused-ring (bicyclic) bond motifs is 1. The van der Waals surface area contributed by atoms with Crippen LogP contribution < -0.4 is 11.3 Å². The van der Waals surface area contributed by atoms with E-state index in [1.54, 1.807) is 4.68 Å². The van der Waals surface area contributed by atoms with Crippen LogP contribution in [0.3, 0.4) is 0 Å². The van der Waals surface area contributed by atoms with Gasteiger partial charge in [0.1, 0.15) is 5.39 Å². The molecule has 0 bridgehead atoms.